The van der Waals surface area contributed by atoms with Gasteiger partial charge in [0.05, 0.1) is 12.2 Å². The molecule has 0 spiro atoms. The first-order valence-electron chi connectivity index (χ1n) is 6.41. The van der Waals surface area contributed by atoms with Crippen molar-refractivity contribution < 1.29 is 17.9 Å². The molecule has 4 nitrogen and oxygen atoms in total. The molecule has 0 saturated carbocycles. The zero-order valence-corrected chi connectivity index (χ0v) is 11.5. The normalized spacial score (nSPS) is 11.6. The molecule has 2 rings (SSSR count). The topological polar surface area (TPSA) is 39.1 Å². The lowest BCUT2D eigenvalue weighted by atomic mass is 10.1. The van der Waals surface area contributed by atoms with Crippen LogP contribution in [0.15, 0.2) is 36.7 Å². The molecule has 21 heavy (non-hydrogen) atoms. The Bertz CT molecular complexity index is 581. The Labute approximate surface area is 120 Å². The number of anilines is 1. The van der Waals surface area contributed by atoms with Crippen LogP contribution in [-0.2, 0) is 24.0 Å². The Morgan fingerprint density at radius 1 is 1.33 bits per heavy atom. The minimum absolute atomic E-state index is 0.272. The van der Waals surface area contributed by atoms with Crippen LogP contribution >= 0.6 is 0 Å². The first-order valence-corrected chi connectivity index (χ1v) is 6.41. The van der Waals surface area contributed by atoms with Gasteiger partial charge < -0.3 is 14.6 Å². The van der Waals surface area contributed by atoms with E-state index in [0.29, 0.717) is 24.7 Å². The highest BCUT2D eigenvalue weighted by molar-refractivity contribution is 5.31. The fourth-order valence-electron chi connectivity index (χ4n) is 1.89. The van der Waals surface area contributed by atoms with Gasteiger partial charge in [-0.2, -0.15) is 13.2 Å². The molecule has 1 aromatic heterocycles. The quantitative estimate of drug-likeness (QED) is 0.890. The number of hydrogen-bond acceptors (Lipinski definition) is 3. The smallest absolute Gasteiger partial charge is 0.383 e. The predicted molar refractivity (Wildman–Crippen MR) is 72.9 cm³/mol. The lowest BCUT2D eigenvalue weighted by molar-refractivity contribution is -0.137. The molecule has 0 radical (unpaired) electrons. The standard InChI is InChI=1S/C14H16F3N3O/c1-21-8-7-20-6-5-18-13(20)19-10-11-3-2-4-12(9-11)14(15,16)17/h2-6,9H,7-8,10H2,1H3,(H,18,19). The van der Waals surface area contributed by atoms with Gasteiger partial charge in [-0.15, -0.1) is 0 Å². The van der Waals surface area contributed by atoms with Gasteiger partial charge in [-0.1, -0.05) is 12.1 Å². The Morgan fingerprint density at radius 3 is 2.86 bits per heavy atom. The highest BCUT2D eigenvalue weighted by atomic mass is 19.4. The van der Waals surface area contributed by atoms with Crippen LogP contribution in [-0.4, -0.2) is 23.3 Å². The highest BCUT2D eigenvalue weighted by Gasteiger charge is 2.30. The van der Waals surface area contributed by atoms with E-state index in [1.807, 2.05) is 4.57 Å². The number of imidazole rings is 1. The fraction of sp³-hybridized carbons (Fsp3) is 0.357. The van der Waals surface area contributed by atoms with E-state index >= 15 is 0 Å². The molecule has 0 unspecified atom stereocenters. The second kappa shape index (κ2) is 6.62. The lowest BCUT2D eigenvalue weighted by Gasteiger charge is -2.11. The van der Waals surface area contributed by atoms with Crippen LogP contribution in [0.3, 0.4) is 0 Å². The van der Waals surface area contributed by atoms with Crippen LogP contribution in [0.5, 0.6) is 0 Å². The average molecular weight is 299 g/mol. The van der Waals surface area contributed by atoms with Crippen LogP contribution in [0.1, 0.15) is 11.1 Å². The Kier molecular flexibility index (Phi) is 4.85. The van der Waals surface area contributed by atoms with Crippen molar-refractivity contribution in [1.29, 1.82) is 0 Å². The third-order valence-electron chi connectivity index (χ3n) is 2.96. The van der Waals surface area contributed by atoms with E-state index < -0.39 is 11.7 Å². The number of nitrogens with one attached hydrogen (secondary N) is 1. The Morgan fingerprint density at radius 2 is 2.14 bits per heavy atom. The van der Waals surface area contributed by atoms with Crippen LogP contribution in [0.4, 0.5) is 19.1 Å². The number of nitrogens with zero attached hydrogens (tertiary/aromatic N) is 2. The second-order valence-electron chi connectivity index (χ2n) is 4.49. The molecule has 7 heteroatoms. The second-order valence-corrected chi connectivity index (χ2v) is 4.49. The van der Waals surface area contributed by atoms with E-state index in [1.54, 1.807) is 25.6 Å². The molecule has 1 N–H and O–H groups in total. The molecular formula is C14H16F3N3O. The summed E-state index contributed by atoms with van der Waals surface area (Å²) in [6.07, 6.45) is -0.912. The maximum absolute atomic E-state index is 12.6. The average Bonchev–Trinajstić information content (AvgIpc) is 2.90. The summed E-state index contributed by atoms with van der Waals surface area (Å²) in [6, 6.07) is 5.24. The molecule has 0 fully saturated rings. The molecule has 0 atom stereocenters. The van der Waals surface area contributed by atoms with Gasteiger partial charge in [0.2, 0.25) is 5.95 Å². The van der Waals surface area contributed by atoms with Crippen LogP contribution in [0.2, 0.25) is 0 Å². The van der Waals surface area contributed by atoms with Gasteiger partial charge in [-0.25, -0.2) is 4.98 Å². The molecule has 0 bridgehead atoms. The molecule has 2 aromatic rings. The number of benzene rings is 1. The molecule has 0 amide bonds. The first-order chi connectivity index (χ1) is 10.0. The number of ether oxygens (including phenoxy) is 1. The number of methoxy groups -OCH3 is 1. The molecule has 1 aromatic carbocycles. The maximum atomic E-state index is 12.6. The minimum atomic E-state index is -4.33. The van der Waals surface area contributed by atoms with E-state index in [0.717, 1.165) is 12.1 Å². The van der Waals surface area contributed by atoms with Crippen molar-refractivity contribution in [3.8, 4) is 0 Å². The summed E-state index contributed by atoms with van der Waals surface area (Å²) in [5, 5.41) is 3.03. The summed E-state index contributed by atoms with van der Waals surface area (Å²) >= 11 is 0. The highest BCUT2D eigenvalue weighted by Crippen LogP contribution is 2.29. The number of aromatic nitrogens is 2. The maximum Gasteiger partial charge on any atom is 0.416 e. The first kappa shape index (κ1) is 15.4. The molecule has 0 saturated heterocycles. The van der Waals surface area contributed by atoms with E-state index in [9.17, 15) is 13.2 Å². The number of alkyl halides is 3. The molecule has 0 aliphatic rings. The van der Waals surface area contributed by atoms with Crippen molar-refractivity contribution in [3.63, 3.8) is 0 Å². The van der Waals surface area contributed by atoms with Crippen LogP contribution < -0.4 is 5.32 Å². The van der Waals surface area contributed by atoms with Gasteiger partial charge >= 0.3 is 6.18 Å². The largest absolute Gasteiger partial charge is 0.416 e. The fourth-order valence-corrected chi connectivity index (χ4v) is 1.89. The van der Waals surface area contributed by atoms with Gasteiger partial charge in [-0.3, -0.25) is 0 Å². The Balaban J connectivity index is 2.02. The Hall–Kier alpha value is -2.02. The summed E-state index contributed by atoms with van der Waals surface area (Å²) in [5.41, 5.74) is -0.101. The van der Waals surface area contributed by atoms with Gasteiger partial charge in [0.15, 0.2) is 0 Å². The molecule has 0 aliphatic carbocycles. The zero-order chi connectivity index (χ0) is 15.3. The van der Waals surface area contributed by atoms with Gasteiger partial charge in [0.25, 0.3) is 0 Å². The molecule has 0 aliphatic heterocycles. The van der Waals surface area contributed by atoms with Crippen molar-refractivity contribution in [2.24, 2.45) is 0 Å². The van der Waals surface area contributed by atoms with E-state index in [4.69, 9.17) is 4.74 Å². The van der Waals surface area contributed by atoms with E-state index in [-0.39, 0.29) is 6.54 Å². The van der Waals surface area contributed by atoms with Gasteiger partial charge in [-0.05, 0) is 17.7 Å². The summed E-state index contributed by atoms with van der Waals surface area (Å²) in [7, 11) is 1.60. The van der Waals surface area contributed by atoms with Crippen LogP contribution in [0, 0.1) is 0 Å². The van der Waals surface area contributed by atoms with Crippen molar-refractivity contribution >= 4 is 5.95 Å². The van der Waals surface area contributed by atoms with E-state index in [1.165, 1.54) is 6.07 Å². The van der Waals surface area contributed by atoms with Gasteiger partial charge in [0.1, 0.15) is 0 Å². The number of rotatable bonds is 6. The van der Waals surface area contributed by atoms with Crippen molar-refractivity contribution in [1.82, 2.24) is 9.55 Å². The molecule has 1 heterocycles. The lowest BCUT2D eigenvalue weighted by Crippen LogP contribution is -2.11. The summed E-state index contributed by atoms with van der Waals surface area (Å²) in [6.45, 7) is 1.43. The predicted octanol–water partition coefficient (Wildman–Crippen LogP) is 3.16. The van der Waals surface area contributed by atoms with Crippen molar-refractivity contribution in [2.75, 3.05) is 19.0 Å². The summed E-state index contributed by atoms with van der Waals surface area (Å²) < 4.78 is 44.7. The third kappa shape index (κ3) is 4.22. The summed E-state index contributed by atoms with van der Waals surface area (Å²) in [4.78, 5) is 4.13. The van der Waals surface area contributed by atoms with E-state index in [2.05, 4.69) is 10.3 Å². The SMILES string of the molecule is COCCn1ccnc1NCc1cccc(C(F)(F)F)c1. The number of hydrogen-bond donors (Lipinski definition) is 1. The minimum Gasteiger partial charge on any atom is -0.383 e. The van der Waals surface area contributed by atoms with Crippen molar-refractivity contribution in [3.05, 3.63) is 47.8 Å². The van der Waals surface area contributed by atoms with Crippen molar-refractivity contribution in [2.45, 2.75) is 19.3 Å². The zero-order valence-electron chi connectivity index (χ0n) is 11.5. The molecular weight excluding hydrogens is 283 g/mol. The third-order valence-corrected chi connectivity index (χ3v) is 2.96. The van der Waals surface area contributed by atoms with Gasteiger partial charge in [0, 0.05) is 32.6 Å². The number of halogens is 3. The molecule has 114 valence electrons. The van der Waals surface area contributed by atoms with Crippen LogP contribution in [0.25, 0.3) is 0 Å². The monoisotopic (exact) mass is 299 g/mol. The summed E-state index contributed by atoms with van der Waals surface area (Å²) in [5.74, 6) is 0.601.